The van der Waals surface area contributed by atoms with Crippen LogP contribution < -0.4 is 4.90 Å². The first kappa shape index (κ1) is 16.9. The van der Waals surface area contributed by atoms with Gasteiger partial charge in [0.2, 0.25) is 0 Å². The smallest absolute Gasteiger partial charge is 0.254 e. The maximum absolute atomic E-state index is 13.1. The molecule has 0 unspecified atom stereocenters. The minimum atomic E-state index is -0.0832. The molecule has 1 amide bonds. The summed E-state index contributed by atoms with van der Waals surface area (Å²) < 4.78 is 6.45. The highest BCUT2D eigenvalue weighted by Crippen LogP contribution is 2.55. The number of likely N-dealkylation sites (tertiary alicyclic amines) is 1. The summed E-state index contributed by atoms with van der Waals surface area (Å²) >= 11 is 0. The molecule has 3 saturated heterocycles. The van der Waals surface area contributed by atoms with Crippen molar-refractivity contribution in [2.75, 3.05) is 52.7 Å². The second-order valence-electron chi connectivity index (χ2n) is 8.42. The van der Waals surface area contributed by atoms with Crippen molar-refractivity contribution in [3.8, 4) is 0 Å². The third kappa shape index (κ3) is 2.74. The van der Waals surface area contributed by atoms with Gasteiger partial charge in [-0.3, -0.25) is 4.79 Å². The number of carbonyl (C=O) groups is 1. The zero-order valence-electron chi connectivity index (χ0n) is 15.7. The zero-order chi connectivity index (χ0) is 17.8. The number of ether oxygens (including phenoxy) is 1. The summed E-state index contributed by atoms with van der Waals surface area (Å²) in [6.45, 7) is 2.64. The lowest BCUT2D eigenvalue weighted by Gasteiger charge is -2.30. The normalized spacial score (nSPS) is 33.2. The predicted molar refractivity (Wildman–Crippen MR) is 99.0 cm³/mol. The van der Waals surface area contributed by atoms with Crippen LogP contribution in [0.3, 0.4) is 0 Å². The SMILES string of the molecule is CN(C)C[C@H]1[C@@H]2CC[C@@]3(CN(C(=O)c4cccc(N(C)C)c4)C[C@@H]13)O2. The van der Waals surface area contributed by atoms with E-state index < -0.39 is 0 Å². The van der Waals surface area contributed by atoms with E-state index in [9.17, 15) is 4.79 Å². The molecule has 3 fully saturated rings. The van der Waals surface area contributed by atoms with Gasteiger partial charge < -0.3 is 19.4 Å². The number of nitrogens with zero attached hydrogens (tertiary/aromatic N) is 3. The molecule has 5 heteroatoms. The van der Waals surface area contributed by atoms with E-state index in [4.69, 9.17) is 4.74 Å². The summed E-state index contributed by atoms with van der Waals surface area (Å²) in [5.74, 6) is 1.17. The van der Waals surface area contributed by atoms with Gasteiger partial charge in [-0.2, -0.15) is 0 Å². The van der Waals surface area contributed by atoms with E-state index in [1.807, 2.05) is 48.2 Å². The van der Waals surface area contributed by atoms with Gasteiger partial charge in [0.15, 0.2) is 0 Å². The van der Waals surface area contributed by atoms with Crippen molar-refractivity contribution in [1.82, 2.24) is 9.80 Å². The van der Waals surface area contributed by atoms with E-state index in [1.165, 1.54) is 0 Å². The Labute approximate surface area is 150 Å². The molecule has 4 rings (SSSR count). The summed E-state index contributed by atoms with van der Waals surface area (Å²) in [5, 5.41) is 0. The Balaban J connectivity index is 1.54. The molecule has 0 N–H and O–H groups in total. The molecular weight excluding hydrogens is 314 g/mol. The van der Waals surface area contributed by atoms with Crippen LogP contribution >= 0.6 is 0 Å². The van der Waals surface area contributed by atoms with E-state index in [2.05, 4.69) is 19.0 Å². The molecule has 25 heavy (non-hydrogen) atoms. The van der Waals surface area contributed by atoms with Crippen molar-refractivity contribution in [3.63, 3.8) is 0 Å². The number of hydrogen-bond acceptors (Lipinski definition) is 4. The molecular formula is C20H29N3O2. The largest absolute Gasteiger partial charge is 0.378 e. The summed E-state index contributed by atoms with van der Waals surface area (Å²) in [7, 11) is 8.26. The van der Waals surface area contributed by atoms with Crippen molar-refractivity contribution in [2.24, 2.45) is 11.8 Å². The van der Waals surface area contributed by atoms with Crippen LogP contribution in [0.25, 0.3) is 0 Å². The van der Waals surface area contributed by atoms with Gasteiger partial charge in [-0.15, -0.1) is 0 Å². The molecule has 0 radical (unpaired) electrons. The van der Waals surface area contributed by atoms with Crippen molar-refractivity contribution in [2.45, 2.75) is 24.5 Å². The Hall–Kier alpha value is -1.59. The number of benzene rings is 1. The lowest BCUT2D eigenvalue weighted by Crippen LogP contribution is -2.40. The maximum atomic E-state index is 13.1. The third-order valence-corrected chi connectivity index (χ3v) is 6.26. The number of anilines is 1. The Morgan fingerprint density at radius 1 is 1.32 bits per heavy atom. The first-order chi connectivity index (χ1) is 11.9. The first-order valence-electron chi connectivity index (χ1n) is 9.29. The highest BCUT2D eigenvalue weighted by molar-refractivity contribution is 5.95. The summed E-state index contributed by atoms with van der Waals surface area (Å²) in [5.41, 5.74) is 1.76. The molecule has 3 aliphatic rings. The van der Waals surface area contributed by atoms with Crippen LogP contribution in [-0.4, -0.2) is 75.2 Å². The van der Waals surface area contributed by atoms with E-state index in [0.717, 1.165) is 43.7 Å². The lowest BCUT2D eigenvalue weighted by atomic mass is 9.73. The Morgan fingerprint density at radius 2 is 2.12 bits per heavy atom. The van der Waals surface area contributed by atoms with E-state index in [0.29, 0.717) is 17.9 Å². The van der Waals surface area contributed by atoms with Crippen LogP contribution in [-0.2, 0) is 4.74 Å². The Morgan fingerprint density at radius 3 is 2.84 bits per heavy atom. The van der Waals surface area contributed by atoms with Crippen LogP contribution in [0.5, 0.6) is 0 Å². The quantitative estimate of drug-likeness (QED) is 0.837. The molecule has 1 aromatic rings. The van der Waals surface area contributed by atoms with Crippen LogP contribution in [0.1, 0.15) is 23.2 Å². The number of rotatable bonds is 4. The standard InChI is InChI=1S/C20H29N3O2/c1-21(2)11-16-17-12-23(13-20(17)9-8-18(16)25-20)19(24)14-6-5-7-15(10-14)22(3)4/h5-7,10,16-18H,8-9,11-13H2,1-4H3/t16-,17+,18+,20+/m1/s1. The van der Waals surface area contributed by atoms with Gasteiger partial charge in [-0.05, 0) is 45.1 Å². The first-order valence-corrected chi connectivity index (χ1v) is 9.29. The molecule has 4 atom stereocenters. The molecule has 3 aliphatic heterocycles. The van der Waals surface area contributed by atoms with Gasteiger partial charge in [0.1, 0.15) is 0 Å². The van der Waals surface area contributed by atoms with Gasteiger partial charge in [0, 0.05) is 50.3 Å². The third-order valence-electron chi connectivity index (χ3n) is 6.26. The van der Waals surface area contributed by atoms with Crippen molar-refractivity contribution < 1.29 is 9.53 Å². The summed E-state index contributed by atoms with van der Waals surface area (Å²) in [4.78, 5) is 19.4. The number of hydrogen-bond donors (Lipinski definition) is 0. The van der Waals surface area contributed by atoms with Crippen molar-refractivity contribution in [3.05, 3.63) is 29.8 Å². The molecule has 0 aromatic heterocycles. The van der Waals surface area contributed by atoms with Crippen LogP contribution in [0, 0.1) is 11.8 Å². The van der Waals surface area contributed by atoms with Crippen LogP contribution in [0.15, 0.2) is 24.3 Å². The zero-order valence-corrected chi connectivity index (χ0v) is 15.7. The van der Waals surface area contributed by atoms with Gasteiger partial charge in [0.25, 0.3) is 5.91 Å². The fourth-order valence-electron chi connectivity index (χ4n) is 5.11. The maximum Gasteiger partial charge on any atom is 0.254 e. The average Bonchev–Trinajstić information content (AvgIpc) is 3.23. The predicted octanol–water partition coefficient (Wildman–Crippen LogP) is 1.93. The number of carbonyl (C=O) groups excluding carboxylic acids is 1. The second kappa shape index (κ2) is 5.99. The molecule has 3 heterocycles. The molecule has 2 bridgehead atoms. The lowest BCUT2D eigenvalue weighted by molar-refractivity contribution is 0.00256. The minimum absolute atomic E-state index is 0.0832. The number of amides is 1. The molecule has 5 nitrogen and oxygen atoms in total. The highest BCUT2D eigenvalue weighted by Gasteiger charge is 2.63. The van der Waals surface area contributed by atoms with E-state index >= 15 is 0 Å². The molecule has 0 saturated carbocycles. The molecule has 1 spiro atoms. The summed E-state index contributed by atoms with van der Waals surface area (Å²) in [6.07, 6.45) is 2.64. The second-order valence-corrected chi connectivity index (χ2v) is 8.42. The minimum Gasteiger partial charge on any atom is -0.378 e. The van der Waals surface area contributed by atoms with Gasteiger partial charge in [-0.25, -0.2) is 0 Å². The number of fused-ring (bicyclic) bond motifs is 1. The van der Waals surface area contributed by atoms with E-state index in [-0.39, 0.29) is 11.5 Å². The van der Waals surface area contributed by atoms with Crippen LogP contribution in [0.2, 0.25) is 0 Å². The van der Waals surface area contributed by atoms with E-state index in [1.54, 1.807) is 0 Å². The fraction of sp³-hybridized carbons (Fsp3) is 0.650. The van der Waals surface area contributed by atoms with Crippen molar-refractivity contribution >= 4 is 11.6 Å². The fourth-order valence-corrected chi connectivity index (χ4v) is 5.11. The van der Waals surface area contributed by atoms with Crippen molar-refractivity contribution in [1.29, 1.82) is 0 Å². The molecule has 0 aliphatic carbocycles. The van der Waals surface area contributed by atoms with Gasteiger partial charge in [-0.1, -0.05) is 6.07 Å². The summed E-state index contributed by atoms with van der Waals surface area (Å²) in [6, 6.07) is 7.92. The average molecular weight is 343 g/mol. The van der Waals surface area contributed by atoms with Crippen LogP contribution in [0.4, 0.5) is 5.69 Å². The molecule has 136 valence electrons. The van der Waals surface area contributed by atoms with Gasteiger partial charge >= 0.3 is 0 Å². The Bertz CT molecular complexity index is 675. The highest BCUT2D eigenvalue weighted by atomic mass is 16.5. The topological polar surface area (TPSA) is 36.0 Å². The molecule has 1 aromatic carbocycles. The Kier molecular flexibility index (Phi) is 4.04. The monoisotopic (exact) mass is 343 g/mol. The van der Waals surface area contributed by atoms with Gasteiger partial charge in [0.05, 0.1) is 18.2 Å².